The molecule has 8 rings (SSSR count). The number of rotatable bonds is 10. The van der Waals surface area contributed by atoms with Crippen LogP contribution in [-0.2, 0) is 33.9 Å². The second kappa shape index (κ2) is 15.1. The number of halogens is 1. The molecule has 5 heterocycles. The molecule has 4 amide bonds. The number of thiol groups is 1. The molecule has 2 fully saturated rings. The molecule has 15 heteroatoms. The number of thiazole rings is 1. The van der Waals surface area contributed by atoms with Gasteiger partial charge in [-0.2, -0.15) is 12.6 Å². The number of hydrogen-bond acceptors (Lipinski definition) is 11. The lowest BCUT2D eigenvalue weighted by atomic mass is 10.0. The van der Waals surface area contributed by atoms with E-state index in [2.05, 4.69) is 48.9 Å². The normalized spacial score (nSPS) is 20.9. The number of carbonyl (C=O) groups excluding carboxylic acids is 4. The van der Waals surface area contributed by atoms with E-state index in [1.54, 1.807) is 11.6 Å². The largest absolute Gasteiger partial charge is 0.508 e. The Morgan fingerprint density at radius 3 is 2.65 bits per heavy atom. The predicted molar refractivity (Wildman–Crippen MR) is 205 cm³/mol. The summed E-state index contributed by atoms with van der Waals surface area (Å²) in [6, 6.07) is 14.3. The molecule has 4 aliphatic heterocycles. The lowest BCUT2D eigenvalue weighted by Crippen LogP contribution is -2.51. The molecule has 4 aliphatic rings. The van der Waals surface area contributed by atoms with Crippen molar-refractivity contribution in [2.24, 2.45) is 0 Å². The zero-order chi connectivity index (χ0) is 37.5. The third kappa shape index (κ3) is 7.20. The average Bonchev–Trinajstić information content (AvgIpc) is 3.88. The quantitative estimate of drug-likeness (QED) is 0.115. The number of carbonyl (C=O) groups is 4. The molecule has 1 aromatic heterocycles. The van der Waals surface area contributed by atoms with Crippen molar-refractivity contribution in [2.75, 3.05) is 29.9 Å². The summed E-state index contributed by atoms with van der Waals surface area (Å²) >= 11 is 6.03. The second-order valence-corrected chi connectivity index (χ2v) is 15.6. The van der Waals surface area contributed by atoms with Crippen molar-refractivity contribution in [2.45, 2.75) is 68.7 Å². The minimum Gasteiger partial charge on any atom is -0.508 e. The molecular formula is C39H40FN7O5S2. The number of nitrogens with one attached hydrogen (secondary N) is 3. The number of imide groups is 1. The highest BCUT2D eigenvalue weighted by Gasteiger charge is 2.41. The van der Waals surface area contributed by atoms with Crippen LogP contribution in [0.1, 0.15) is 75.3 Å². The van der Waals surface area contributed by atoms with E-state index in [4.69, 9.17) is 12.6 Å². The van der Waals surface area contributed by atoms with Gasteiger partial charge in [-0.3, -0.25) is 34.7 Å². The first-order chi connectivity index (χ1) is 26.1. The van der Waals surface area contributed by atoms with Crippen molar-refractivity contribution >= 4 is 58.4 Å². The molecule has 0 saturated carbocycles. The number of nitrogens with zero attached hydrogens (tertiary/aromatic N) is 4. The first-order valence-corrected chi connectivity index (χ1v) is 19.5. The highest BCUT2D eigenvalue weighted by atomic mass is 32.1. The van der Waals surface area contributed by atoms with E-state index in [1.165, 1.54) is 33.4 Å². The van der Waals surface area contributed by atoms with Gasteiger partial charge in [-0.1, -0.05) is 24.3 Å². The highest BCUT2D eigenvalue weighted by Crippen LogP contribution is 2.40. The summed E-state index contributed by atoms with van der Waals surface area (Å²) in [6.07, 6.45) is 5.12. The minimum absolute atomic E-state index is 0.00101. The molecule has 2 saturated heterocycles. The molecule has 0 spiro atoms. The molecule has 0 radical (unpaired) electrons. The van der Waals surface area contributed by atoms with Crippen LogP contribution in [0.4, 0.5) is 15.2 Å². The first-order valence-electron chi connectivity index (χ1n) is 18.1. The van der Waals surface area contributed by atoms with E-state index in [0.29, 0.717) is 36.1 Å². The third-order valence-corrected chi connectivity index (χ3v) is 12.2. The topological polar surface area (TPSA) is 147 Å². The summed E-state index contributed by atoms with van der Waals surface area (Å²) in [5.41, 5.74) is 5.65. The molecule has 54 heavy (non-hydrogen) atoms. The summed E-state index contributed by atoms with van der Waals surface area (Å²) in [5.74, 6) is -2.34. The maximum absolute atomic E-state index is 14.4. The molecule has 4 N–H and O–H groups in total. The van der Waals surface area contributed by atoms with E-state index in [9.17, 15) is 28.7 Å². The van der Waals surface area contributed by atoms with Gasteiger partial charge in [-0.15, -0.1) is 11.3 Å². The Balaban J connectivity index is 0.865. The zero-order valence-electron chi connectivity index (χ0n) is 29.3. The molecule has 3 aromatic carbocycles. The Morgan fingerprint density at radius 1 is 1.04 bits per heavy atom. The second-order valence-electron chi connectivity index (χ2n) is 14.2. The van der Waals surface area contributed by atoms with E-state index in [1.807, 2.05) is 18.2 Å². The Bertz CT molecular complexity index is 2110. The zero-order valence-corrected chi connectivity index (χ0v) is 31.0. The van der Waals surface area contributed by atoms with Gasteiger partial charge in [0.15, 0.2) is 5.13 Å². The number of hydrogen-bond donors (Lipinski definition) is 5. The Morgan fingerprint density at radius 2 is 1.87 bits per heavy atom. The fraction of sp³-hybridized carbons (Fsp3) is 0.359. The summed E-state index contributed by atoms with van der Waals surface area (Å²) in [7, 11) is 0. The van der Waals surface area contributed by atoms with E-state index in [-0.39, 0.29) is 47.0 Å². The Hall–Kier alpha value is -4.83. The van der Waals surface area contributed by atoms with Crippen molar-refractivity contribution in [1.29, 1.82) is 0 Å². The van der Waals surface area contributed by atoms with Crippen LogP contribution in [0.3, 0.4) is 0 Å². The van der Waals surface area contributed by atoms with Crippen LogP contribution in [-0.4, -0.2) is 75.2 Å². The van der Waals surface area contributed by atoms with Crippen molar-refractivity contribution < 1.29 is 28.7 Å². The molecule has 4 aromatic rings. The van der Waals surface area contributed by atoms with E-state index in [0.717, 1.165) is 67.8 Å². The van der Waals surface area contributed by atoms with Gasteiger partial charge in [0.25, 0.3) is 11.8 Å². The summed E-state index contributed by atoms with van der Waals surface area (Å²) in [4.78, 5) is 61.5. The fourth-order valence-corrected chi connectivity index (χ4v) is 9.10. The van der Waals surface area contributed by atoms with Crippen LogP contribution in [0.2, 0.25) is 0 Å². The van der Waals surface area contributed by atoms with Crippen molar-refractivity contribution in [1.82, 2.24) is 25.4 Å². The van der Waals surface area contributed by atoms with Crippen LogP contribution in [0.5, 0.6) is 5.75 Å². The Kier molecular flexibility index (Phi) is 10.1. The standard InChI is InChI=1S/C39H40FN7O5S2/c40-25-3-7-32(48)30(18-25)34(36(51)44-39-42-13-16-54-39)47-20-23-2-4-27(19-29(23)37(47)52)45-14-10-26(11-15-45)41-12-9-22-1-5-28-24(17-22)21-46(38(28)53)31-6-8-33(49)43-35(31)50/h1-5,7,13,16-19,26,31,34,38,41,48,53H,6,8-12,14-15,20-21H2,(H,42,44,51)(H,43,49,50). The number of aromatic nitrogens is 1. The van der Waals surface area contributed by atoms with Crippen LogP contribution in [0.25, 0.3) is 0 Å². The lowest BCUT2D eigenvalue weighted by Gasteiger charge is -2.34. The van der Waals surface area contributed by atoms with Gasteiger partial charge < -0.3 is 20.2 Å². The van der Waals surface area contributed by atoms with Crippen LogP contribution in [0.15, 0.2) is 66.2 Å². The summed E-state index contributed by atoms with van der Waals surface area (Å²) < 4.78 is 14.4. The Labute approximate surface area is 321 Å². The number of aromatic hydroxyl groups is 1. The van der Waals surface area contributed by atoms with E-state index >= 15 is 0 Å². The molecule has 0 bridgehead atoms. The van der Waals surface area contributed by atoms with Gasteiger partial charge >= 0.3 is 0 Å². The van der Waals surface area contributed by atoms with E-state index < -0.39 is 17.8 Å². The number of piperidine rings is 2. The molecule has 0 aliphatic carbocycles. The van der Waals surface area contributed by atoms with Gasteiger partial charge in [0.05, 0.1) is 11.4 Å². The number of amides is 4. The third-order valence-electron chi connectivity index (χ3n) is 10.9. The molecule has 3 atom stereocenters. The van der Waals surface area contributed by atoms with Crippen LogP contribution in [0, 0.1) is 5.82 Å². The van der Waals surface area contributed by atoms with Crippen LogP contribution < -0.4 is 20.9 Å². The summed E-state index contributed by atoms with van der Waals surface area (Å²) in [5, 5.41) is 21.4. The number of benzene rings is 3. The molecular weight excluding hydrogens is 730 g/mol. The molecule has 3 unspecified atom stereocenters. The maximum atomic E-state index is 14.4. The van der Waals surface area contributed by atoms with Crippen molar-refractivity contribution in [3.8, 4) is 5.75 Å². The van der Waals surface area contributed by atoms with Gasteiger partial charge in [0.1, 0.15) is 17.6 Å². The molecule has 12 nitrogen and oxygen atoms in total. The van der Waals surface area contributed by atoms with Gasteiger partial charge in [-0.25, -0.2) is 9.37 Å². The lowest BCUT2D eigenvalue weighted by molar-refractivity contribution is -0.137. The predicted octanol–water partition coefficient (Wildman–Crippen LogP) is 4.67. The smallest absolute Gasteiger partial charge is 0.255 e. The monoisotopic (exact) mass is 769 g/mol. The van der Waals surface area contributed by atoms with Crippen LogP contribution >= 0.6 is 24.0 Å². The maximum Gasteiger partial charge on any atom is 0.255 e. The van der Waals surface area contributed by atoms with Crippen molar-refractivity contribution in [3.63, 3.8) is 0 Å². The summed E-state index contributed by atoms with van der Waals surface area (Å²) in [6.45, 7) is 3.20. The number of fused-ring (bicyclic) bond motifs is 2. The highest BCUT2D eigenvalue weighted by molar-refractivity contribution is 7.80. The van der Waals surface area contributed by atoms with Crippen molar-refractivity contribution in [3.05, 3.63) is 105 Å². The number of anilines is 2. The SMILES string of the molecule is O=C1CCC(N2Cc3cc(CCNC4CCN(c5ccc6c(c5)C(=O)N(C(C(=O)Nc5nccs5)c5cc(F)ccc5O)C6)CC4)ccc3C2S)C(=O)N1. The van der Waals surface area contributed by atoms with Gasteiger partial charge in [-0.05, 0) is 84.8 Å². The minimum atomic E-state index is -1.28. The first kappa shape index (κ1) is 36.2. The number of phenols is 1. The molecule has 280 valence electrons. The van der Waals surface area contributed by atoms with Gasteiger partial charge in [0, 0.05) is 67.0 Å². The van der Waals surface area contributed by atoms with Gasteiger partial charge in [0.2, 0.25) is 11.8 Å². The fourth-order valence-electron chi connectivity index (χ4n) is 8.08. The average molecular weight is 770 g/mol. The number of phenolic OH excluding ortho intramolecular Hbond substituents is 1.